The van der Waals surface area contributed by atoms with Crippen LogP contribution in [-0.2, 0) is 0 Å². The second-order valence-electron chi connectivity index (χ2n) is 3.31. The van der Waals surface area contributed by atoms with E-state index >= 15 is 0 Å². The van der Waals surface area contributed by atoms with E-state index in [0.717, 1.165) is 11.1 Å². The average Bonchev–Trinajstić information content (AvgIpc) is 2.29. The molecule has 0 aliphatic carbocycles. The Kier molecular flexibility index (Phi) is 2.82. The normalized spacial score (nSPS) is 10.8. The van der Waals surface area contributed by atoms with Crippen molar-refractivity contribution in [1.29, 1.82) is 0 Å². The molecule has 0 bridgehead atoms. The molecule has 0 aliphatic heterocycles. The predicted molar refractivity (Wildman–Crippen MR) is 66.2 cm³/mol. The van der Waals surface area contributed by atoms with Crippen LogP contribution in [0.25, 0.3) is 12.2 Å². The summed E-state index contributed by atoms with van der Waals surface area (Å²) >= 11 is 0. The second kappa shape index (κ2) is 4.44. The van der Waals surface area contributed by atoms with Gasteiger partial charge in [-0.3, -0.25) is 0 Å². The highest BCUT2D eigenvalue weighted by atomic mass is 15.0. The maximum atomic E-state index is 5.70. The molecule has 4 heteroatoms. The molecule has 1 aromatic carbocycles. The van der Waals surface area contributed by atoms with Crippen LogP contribution in [-0.4, -0.2) is 9.97 Å². The van der Waals surface area contributed by atoms with E-state index in [0.29, 0.717) is 5.82 Å². The molecule has 80 valence electrons. The van der Waals surface area contributed by atoms with Crippen molar-refractivity contribution in [2.75, 3.05) is 11.5 Å². The maximum absolute atomic E-state index is 5.70. The molecule has 16 heavy (non-hydrogen) atoms. The van der Waals surface area contributed by atoms with Gasteiger partial charge in [0.2, 0.25) is 5.95 Å². The first-order valence-electron chi connectivity index (χ1n) is 4.87. The highest BCUT2D eigenvalue weighted by Gasteiger charge is 1.97. The number of nitrogen functional groups attached to an aromatic ring is 2. The van der Waals surface area contributed by atoms with Gasteiger partial charge >= 0.3 is 0 Å². The minimum Gasteiger partial charge on any atom is -0.383 e. The number of aromatic nitrogens is 2. The van der Waals surface area contributed by atoms with Crippen LogP contribution < -0.4 is 11.5 Å². The van der Waals surface area contributed by atoms with Crippen LogP contribution in [0.1, 0.15) is 11.1 Å². The Bertz CT molecular complexity index is 506. The summed E-state index contributed by atoms with van der Waals surface area (Å²) < 4.78 is 0. The van der Waals surface area contributed by atoms with E-state index < -0.39 is 0 Å². The van der Waals surface area contributed by atoms with Gasteiger partial charge in [-0.05, 0) is 11.6 Å². The van der Waals surface area contributed by atoms with Crippen molar-refractivity contribution in [2.24, 2.45) is 0 Å². The quantitative estimate of drug-likeness (QED) is 0.795. The average molecular weight is 212 g/mol. The lowest BCUT2D eigenvalue weighted by molar-refractivity contribution is 1.19. The Morgan fingerprint density at radius 3 is 2.44 bits per heavy atom. The largest absolute Gasteiger partial charge is 0.383 e. The Balaban J connectivity index is 2.24. The first-order valence-corrected chi connectivity index (χ1v) is 4.87. The molecule has 2 aromatic rings. The molecule has 2 rings (SSSR count). The highest BCUT2D eigenvalue weighted by molar-refractivity contribution is 5.73. The van der Waals surface area contributed by atoms with Crippen LogP contribution in [0.3, 0.4) is 0 Å². The fourth-order valence-electron chi connectivity index (χ4n) is 1.30. The lowest BCUT2D eigenvalue weighted by Gasteiger charge is -1.99. The number of anilines is 2. The van der Waals surface area contributed by atoms with Gasteiger partial charge in [0, 0.05) is 11.8 Å². The molecule has 0 saturated carbocycles. The maximum Gasteiger partial charge on any atom is 0.221 e. The SMILES string of the molecule is Nc1ncc(/C=C/c2ccccc2)c(N)n1. The Hall–Kier alpha value is -2.36. The second-order valence-corrected chi connectivity index (χ2v) is 3.31. The third-order valence-electron chi connectivity index (χ3n) is 2.12. The minimum atomic E-state index is 0.189. The fraction of sp³-hybridized carbons (Fsp3) is 0. The van der Waals surface area contributed by atoms with Crippen LogP contribution >= 0.6 is 0 Å². The van der Waals surface area contributed by atoms with E-state index in [-0.39, 0.29) is 5.95 Å². The van der Waals surface area contributed by atoms with Gasteiger partial charge in [0.25, 0.3) is 0 Å². The summed E-state index contributed by atoms with van der Waals surface area (Å²) in [7, 11) is 0. The highest BCUT2D eigenvalue weighted by Crippen LogP contribution is 2.12. The van der Waals surface area contributed by atoms with Gasteiger partial charge in [-0.1, -0.05) is 36.4 Å². The van der Waals surface area contributed by atoms with E-state index in [1.165, 1.54) is 0 Å². The van der Waals surface area contributed by atoms with Crippen LogP contribution in [0.4, 0.5) is 11.8 Å². The zero-order valence-electron chi connectivity index (χ0n) is 8.67. The zero-order chi connectivity index (χ0) is 11.4. The number of nitrogens with two attached hydrogens (primary N) is 2. The Labute approximate surface area is 93.6 Å². The lowest BCUT2D eigenvalue weighted by atomic mass is 10.2. The summed E-state index contributed by atoms with van der Waals surface area (Å²) in [5, 5.41) is 0. The van der Waals surface area contributed by atoms with Crippen molar-refractivity contribution in [2.45, 2.75) is 0 Å². The zero-order valence-corrected chi connectivity index (χ0v) is 8.67. The Morgan fingerprint density at radius 2 is 1.75 bits per heavy atom. The van der Waals surface area contributed by atoms with E-state index in [4.69, 9.17) is 11.5 Å². The number of rotatable bonds is 2. The summed E-state index contributed by atoms with van der Waals surface area (Å²) in [5.41, 5.74) is 13.0. The summed E-state index contributed by atoms with van der Waals surface area (Å²) in [6.07, 6.45) is 5.42. The number of nitrogens with zero attached hydrogens (tertiary/aromatic N) is 2. The number of hydrogen-bond donors (Lipinski definition) is 2. The van der Waals surface area contributed by atoms with Crippen molar-refractivity contribution in [3.63, 3.8) is 0 Å². The van der Waals surface area contributed by atoms with Crippen LogP contribution in [0.5, 0.6) is 0 Å². The number of benzene rings is 1. The van der Waals surface area contributed by atoms with Crippen molar-refractivity contribution in [1.82, 2.24) is 9.97 Å². The topological polar surface area (TPSA) is 77.8 Å². The van der Waals surface area contributed by atoms with Crippen molar-refractivity contribution >= 4 is 23.9 Å². The van der Waals surface area contributed by atoms with Gasteiger partial charge in [0.05, 0.1) is 0 Å². The molecule has 1 aromatic heterocycles. The van der Waals surface area contributed by atoms with Gasteiger partial charge in [-0.15, -0.1) is 0 Å². The predicted octanol–water partition coefficient (Wildman–Crippen LogP) is 1.81. The van der Waals surface area contributed by atoms with Crippen molar-refractivity contribution in [3.05, 3.63) is 47.7 Å². The monoisotopic (exact) mass is 212 g/mol. The molecule has 4 N–H and O–H groups in total. The molecule has 0 atom stereocenters. The van der Waals surface area contributed by atoms with Gasteiger partial charge < -0.3 is 11.5 Å². The van der Waals surface area contributed by atoms with Gasteiger partial charge in [0.1, 0.15) is 5.82 Å². The summed E-state index contributed by atoms with van der Waals surface area (Å²) in [4.78, 5) is 7.77. The van der Waals surface area contributed by atoms with E-state index in [9.17, 15) is 0 Å². The first kappa shape index (κ1) is 10.2. The molecule has 1 heterocycles. The molecule has 0 radical (unpaired) electrons. The van der Waals surface area contributed by atoms with E-state index in [2.05, 4.69) is 9.97 Å². The summed E-state index contributed by atoms with van der Waals surface area (Å²) in [6, 6.07) is 9.93. The molecule has 0 aliphatic rings. The lowest BCUT2D eigenvalue weighted by Crippen LogP contribution is -2.00. The molecule has 0 spiro atoms. The molecule has 0 saturated heterocycles. The third kappa shape index (κ3) is 2.36. The Morgan fingerprint density at radius 1 is 1.00 bits per heavy atom. The molecule has 0 unspecified atom stereocenters. The van der Waals surface area contributed by atoms with Crippen LogP contribution in [0.2, 0.25) is 0 Å². The fourth-order valence-corrected chi connectivity index (χ4v) is 1.30. The van der Waals surface area contributed by atoms with Gasteiger partial charge in [-0.25, -0.2) is 4.98 Å². The van der Waals surface area contributed by atoms with Gasteiger partial charge in [0.15, 0.2) is 0 Å². The molecule has 0 amide bonds. The summed E-state index contributed by atoms with van der Waals surface area (Å²) in [6.45, 7) is 0. The molecule has 4 nitrogen and oxygen atoms in total. The van der Waals surface area contributed by atoms with E-state index in [1.807, 2.05) is 42.5 Å². The van der Waals surface area contributed by atoms with E-state index in [1.54, 1.807) is 6.20 Å². The standard InChI is InChI=1S/C12H12N4/c13-11-10(8-15-12(14)16-11)7-6-9-4-2-1-3-5-9/h1-8H,(H4,13,14,15,16)/b7-6+. The number of hydrogen-bond acceptors (Lipinski definition) is 4. The van der Waals surface area contributed by atoms with Crippen molar-refractivity contribution in [3.8, 4) is 0 Å². The van der Waals surface area contributed by atoms with Crippen LogP contribution in [0, 0.1) is 0 Å². The molecular weight excluding hydrogens is 200 g/mol. The van der Waals surface area contributed by atoms with Crippen LogP contribution in [0.15, 0.2) is 36.5 Å². The van der Waals surface area contributed by atoms with Crippen molar-refractivity contribution < 1.29 is 0 Å². The molecule has 0 fully saturated rings. The summed E-state index contributed by atoms with van der Waals surface area (Å²) in [5.74, 6) is 0.578. The molecular formula is C12H12N4. The third-order valence-corrected chi connectivity index (χ3v) is 2.12. The first-order chi connectivity index (χ1) is 7.75. The smallest absolute Gasteiger partial charge is 0.221 e. The van der Waals surface area contributed by atoms with Gasteiger partial charge in [-0.2, -0.15) is 4.98 Å². The minimum absolute atomic E-state index is 0.189.